The SMILES string of the molecule is CCn1c(SCCCC(C)(C#N)NC(C)C)n[nH]c1=O. The van der Waals surface area contributed by atoms with E-state index in [0.717, 1.165) is 18.6 Å². The summed E-state index contributed by atoms with van der Waals surface area (Å²) in [4.78, 5) is 11.4. The van der Waals surface area contributed by atoms with E-state index in [1.807, 2.05) is 27.7 Å². The molecule has 7 heteroatoms. The third kappa shape index (κ3) is 4.69. The molecule has 0 aliphatic rings. The standard InChI is InChI=1S/C13H23N5OS/c1-5-18-11(19)16-17-12(18)20-8-6-7-13(4,9-14)15-10(2)3/h10,15H,5-8H2,1-4H3,(H,16,19). The summed E-state index contributed by atoms with van der Waals surface area (Å²) in [6.45, 7) is 8.53. The Morgan fingerprint density at radius 3 is 2.85 bits per heavy atom. The van der Waals surface area contributed by atoms with Gasteiger partial charge in [-0.25, -0.2) is 9.89 Å². The molecule has 1 rings (SSSR count). The minimum absolute atomic E-state index is 0.168. The van der Waals surface area contributed by atoms with Crippen LogP contribution in [0.4, 0.5) is 0 Å². The quantitative estimate of drug-likeness (QED) is 0.564. The van der Waals surface area contributed by atoms with Gasteiger partial charge in [0.25, 0.3) is 0 Å². The third-order valence-corrected chi connectivity index (χ3v) is 4.01. The molecular formula is C13H23N5OS. The van der Waals surface area contributed by atoms with Gasteiger partial charge < -0.3 is 0 Å². The summed E-state index contributed by atoms with van der Waals surface area (Å²) >= 11 is 1.55. The van der Waals surface area contributed by atoms with Crippen LogP contribution in [0.5, 0.6) is 0 Å². The molecule has 0 aliphatic carbocycles. The molecule has 20 heavy (non-hydrogen) atoms. The van der Waals surface area contributed by atoms with E-state index in [1.54, 1.807) is 16.3 Å². The monoisotopic (exact) mass is 297 g/mol. The van der Waals surface area contributed by atoms with Crippen molar-refractivity contribution >= 4 is 11.8 Å². The molecule has 0 fully saturated rings. The minimum atomic E-state index is -0.495. The molecule has 0 saturated carbocycles. The van der Waals surface area contributed by atoms with Crippen LogP contribution >= 0.6 is 11.8 Å². The number of nitrogens with one attached hydrogen (secondary N) is 2. The van der Waals surface area contributed by atoms with Crippen LogP contribution in [0, 0.1) is 11.3 Å². The van der Waals surface area contributed by atoms with Gasteiger partial charge in [-0.15, -0.1) is 5.10 Å². The summed E-state index contributed by atoms with van der Waals surface area (Å²) in [5, 5.41) is 19.7. The van der Waals surface area contributed by atoms with Crippen LogP contribution in [0.3, 0.4) is 0 Å². The number of aromatic nitrogens is 3. The molecule has 112 valence electrons. The van der Waals surface area contributed by atoms with Gasteiger partial charge >= 0.3 is 5.69 Å². The van der Waals surface area contributed by atoms with Gasteiger partial charge in [-0.3, -0.25) is 9.88 Å². The summed E-state index contributed by atoms with van der Waals surface area (Å²) in [7, 11) is 0. The van der Waals surface area contributed by atoms with Crippen LogP contribution in [0.25, 0.3) is 0 Å². The molecule has 1 aromatic rings. The van der Waals surface area contributed by atoms with Crippen molar-refractivity contribution in [3.8, 4) is 6.07 Å². The van der Waals surface area contributed by atoms with Gasteiger partial charge in [0, 0.05) is 18.3 Å². The van der Waals surface area contributed by atoms with Crippen LogP contribution in [0.15, 0.2) is 9.95 Å². The highest BCUT2D eigenvalue weighted by Crippen LogP contribution is 2.19. The second-order valence-corrected chi connectivity index (χ2v) is 6.31. The number of rotatable bonds is 8. The van der Waals surface area contributed by atoms with E-state index in [9.17, 15) is 10.1 Å². The number of nitrogens with zero attached hydrogens (tertiary/aromatic N) is 3. The fourth-order valence-electron chi connectivity index (χ4n) is 2.08. The zero-order valence-electron chi connectivity index (χ0n) is 12.6. The second-order valence-electron chi connectivity index (χ2n) is 5.25. The lowest BCUT2D eigenvalue weighted by Crippen LogP contribution is -2.44. The van der Waals surface area contributed by atoms with Crippen LogP contribution in [0.2, 0.25) is 0 Å². The van der Waals surface area contributed by atoms with E-state index in [4.69, 9.17) is 0 Å². The molecule has 0 radical (unpaired) electrons. The highest BCUT2D eigenvalue weighted by Gasteiger charge is 2.23. The molecule has 2 N–H and O–H groups in total. The number of thioether (sulfide) groups is 1. The number of hydrogen-bond acceptors (Lipinski definition) is 5. The first kappa shape index (κ1) is 16.8. The van der Waals surface area contributed by atoms with Crippen molar-refractivity contribution in [2.45, 2.75) is 63.8 Å². The number of aromatic amines is 1. The summed E-state index contributed by atoms with van der Waals surface area (Å²) in [5.74, 6) is 0.835. The molecule has 1 aromatic heterocycles. The van der Waals surface area contributed by atoms with Gasteiger partial charge in [0.1, 0.15) is 5.54 Å². The van der Waals surface area contributed by atoms with Gasteiger partial charge in [0.15, 0.2) is 5.16 Å². The van der Waals surface area contributed by atoms with Gasteiger partial charge in [-0.05, 0) is 40.5 Å². The van der Waals surface area contributed by atoms with Crippen molar-refractivity contribution in [3.05, 3.63) is 10.5 Å². The lowest BCUT2D eigenvalue weighted by Gasteiger charge is -2.25. The highest BCUT2D eigenvalue weighted by molar-refractivity contribution is 7.99. The molecule has 1 unspecified atom stereocenters. The van der Waals surface area contributed by atoms with Gasteiger partial charge in [0.2, 0.25) is 0 Å². The van der Waals surface area contributed by atoms with Crippen molar-refractivity contribution in [3.63, 3.8) is 0 Å². The molecule has 0 saturated heterocycles. The van der Waals surface area contributed by atoms with E-state index in [-0.39, 0.29) is 11.7 Å². The first-order valence-corrected chi connectivity index (χ1v) is 7.87. The van der Waals surface area contributed by atoms with Crippen LogP contribution in [-0.2, 0) is 6.54 Å². The molecule has 0 amide bonds. The molecular weight excluding hydrogens is 274 g/mol. The largest absolute Gasteiger partial charge is 0.343 e. The maximum absolute atomic E-state index is 11.4. The predicted octanol–water partition coefficient (Wildman–Crippen LogP) is 1.74. The Morgan fingerprint density at radius 1 is 1.60 bits per heavy atom. The van der Waals surface area contributed by atoms with E-state index in [0.29, 0.717) is 11.7 Å². The Bertz CT molecular complexity index is 516. The zero-order chi connectivity index (χ0) is 15.2. The van der Waals surface area contributed by atoms with Gasteiger partial charge in [0.05, 0.1) is 6.07 Å². The summed E-state index contributed by atoms with van der Waals surface area (Å²) in [6.07, 6.45) is 1.66. The molecule has 0 bridgehead atoms. The smallest absolute Gasteiger partial charge is 0.297 e. The van der Waals surface area contributed by atoms with Crippen molar-refractivity contribution in [2.75, 3.05) is 5.75 Å². The van der Waals surface area contributed by atoms with Crippen molar-refractivity contribution in [1.82, 2.24) is 20.1 Å². The first-order chi connectivity index (χ1) is 9.41. The van der Waals surface area contributed by atoms with Crippen LogP contribution in [-0.4, -0.2) is 32.1 Å². The van der Waals surface area contributed by atoms with E-state index >= 15 is 0 Å². The lowest BCUT2D eigenvalue weighted by molar-refractivity contribution is 0.380. The van der Waals surface area contributed by atoms with Crippen LogP contribution < -0.4 is 11.0 Å². The van der Waals surface area contributed by atoms with E-state index in [1.165, 1.54) is 0 Å². The predicted molar refractivity (Wildman–Crippen MR) is 80.8 cm³/mol. The van der Waals surface area contributed by atoms with E-state index < -0.39 is 5.54 Å². The maximum atomic E-state index is 11.4. The molecule has 1 heterocycles. The molecule has 0 aromatic carbocycles. The minimum Gasteiger partial charge on any atom is -0.297 e. The first-order valence-electron chi connectivity index (χ1n) is 6.89. The Morgan fingerprint density at radius 2 is 2.30 bits per heavy atom. The maximum Gasteiger partial charge on any atom is 0.343 e. The number of H-pyrrole nitrogens is 1. The van der Waals surface area contributed by atoms with Crippen molar-refractivity contribution < 1.29 is 0 Å². The number of nitriles is 1. The Hall–Kier alpha value is -1.26. The Kier molecular flexibility index (Phi) is 6.30. The zero-order valence-corrected chi connectivity index (χ0v) is 13.4. The normalized spacial score (nSPS) is 14.2. The average molecular weight is 297 g/mol. The second kappa shape index (κ2) is 7.50. The molecule has 0 spiro atoms. The average Bonchev–Trinajstić information content (AvgIpc) is 2.74. The summed E-state index contributed by atoms with van der Waals surface area (Å²) < 4.78 is 1.61. The number of hydrogen-bond donors (Lipinski definition) is 2. The topological polar surface area (TPSA) is 86.5 Å². The lowest BCUT2D eigenvalue weighted by atomic mass is 9.97. The third-order valence-electron chi connectivity index (χ3n) is 2.95. The fraction of sp³-hybridized carbons (Fsp3) is 0.769. The fourth-order valence-corrected chi connectivity index (χ4v) is 3.03. The summed E-state index contributed by atoms with van der Waals surface area (Å²) in [5.41, 5.74) is -0.664. The van der Waals surface area contributed by atoms with Crippen molar-refractivity contribution in [1.29, 1.82) is 5.26 Å². The van der Waals surface area contributed by atoms with Gasteiger partial charge in [-0.2, -0.15) is 5.26 Å². The highest BCUT2D eigenvalue weighted by atomic mass is 32.2. The van der Waals surface area contributed by atoms with Gasteiger partial charge in [-0.1, -0.05) is 11.8 Å². The Labute approximate surface area is 123 Å². The van der Waals surface area contributed by atoms with E-state index in [2.05, 4.69) is 21.6 Å². The molecule has 0 aliphatic heterocycles. The Balaban J connectivity index is 2.45. The molecule has 1 atom stereocenters. The van der Waals surface area contributed by atoms with Crippen LogP contribution in [0.1, 0.15) is 40.5 Å². The van der Waals surface area contributed by atoms with Crippen molar-refractivity contribution in [2.24, 2.45) is 0 Å². The summed E-state index contributed by atoms with van der Waals surface area (Å²) in [6, 6.07) is 2.62. The molecule has 6 nitrogen and oxygen atoms in total.